The molecular formula is C17H25NO3. The molecule has 0 spiro atoms. The van der Waals surface area contributed by atoms with Crippen molar-refractivity contribution in [3.63, 3.8) is 0 Å². The molecule has 21 heavy (non-hydrogen) atoms. The molecule has 0 amide bonds. The molecular weight excluding hydrogens is 266 g/mol. The van der Waals surface area contributed by atoms with Gasteiger partial charge in [-0.15, -0.1) is 0 Å². The molecule has 0 saturated heterocycles. The normalized spacial score (nSPS) is 22.1. The Labute approximate surface area is 126 Å². The summed E-state index contributed by atoms with van der Waals surface area (Å²) in [5.74, 6) is -0.000821. The molecule has 0 radical (unpaired) electrons. The average Bonchev–Trinajstić information content (AvgIpc) is 2.41. The first-order valence-electron chi connectivity index (χ1n) is 7.72. The van der Waals surface area contributed by atoms with E-state index in [0.29, 0.717) is 6.42 Å². The Bertz CT molecular complexity index is 499. The van der Waals surface area contributed by atoms with Gasteiger partial charge in [0.2, 0.25) is 0 Å². The van der Waals surface area contributed by atoms with Gasteiger partial charge in [0, 0.05) is 11.7 Å². The van der Waals surface area contributed by atoms with Crippen molar-refractivity contribution >= 4 is 11.7 Å². The Balaban J connectivity index is 2.00. The number of hydrogen-bond acceptors (Lipinski definition) is 3. The molecule has 1 aromatic rings. The summed E-state index contributed by atoms with van der Waals surface area (Å²) in [4.78, 5) is 11.1. The van der Waals surface area contributed by atoms with Crippen LogP contribution in [-0.4, -0.2) is 23.2 Å². The maximum Gasteiger partial charge on any atom is 0.306 e. The number of aryl methyl sites for hydroxylation is 1. The fourth-order valence-electron chi connectivity index (χ4n) is 2.91. The van der Waals surface area contributed by atoms with Crippen LogP contribution >= 0.6 is 0 Å². The second kappa shape index (κ2) is 6.83. The molecule has 1 aromatic carbocycles. The molecule has 2 rings (SSSR count). The van der Waals surface area contributed by atoms with Crippen molar-refractivity contribution in [3.8, 4) is 5.75 Å². The molecule has 2 unspecified atom stereocenters. The second-order valence-corrected chi connectivity index (χ2v) is 6.19. The molecule has 2 N–H and O–H groups in total. The van der Waals surface area contributed by atoms with Crippen LogP contribution in [0.4, 0.5) is 5.69 Å². The zero-order valence-electron chi connectivity index (χ0n) is 13.1. The first-order valence-corrected chi connectivity index (χ1v) is 7.72. The van der Waals surface area contributed by atoms with E-state index in [-0.39, 0.29) is 18.1 Å². The summed E-state index contributed by atoms with van der Waals surface area (Å²) in [6.45, 7) is 6.07. The minimum atomic E-state index is -0.668. The van der Waals surface area contributed by atoms with Crippen LogP contribution in [0.15, 0.2) is 18.2 Å². The van der Waals surface area contributed by atoms with E-state index in [0.717, 1.165) is 36.3 Å². The predicted molar refractivity (Wildman–Crippen MR) is 83.9 cm³/mol. The lowest BCUT2D eigenvalue weighted by Crippen LogP contribution is -2.31. The average molecular weight is 291 g/mol. The van der Waals surface area contributed by atoms with Crippen molar-refractivity contribution in [1.82, 2.24) is 0 Å². The Hall–Kier alpha value is -1.71. The molecule has 2 atom stereocenters. The highest BCUT2D eigenvalue weighted by Crippen LogP contribution is 2.29. The number of carboxylic acids is 1. The maximum absolute atomic E-state index is 11.1. The van der Waals surface area contributed by atoms with Crippen molar-refractivity contribution in [2.45, 2.75) is 58.6 Å². The second-order valence-electron chi connectivity index (χ2n) is 6.19. The van der Waals surface area contributed by atoms with E-state index >= 15 is 0 Å². The fourth-order valence-corrected chi connectivity index (χ4v) is 2.91. The van der Waals surface area contributed by atoms with Gasteiger partial charge in [-0.2, -0.15) is 0 Å². The number of carboxylic acid groups (broad SMARTS) is 1. The summed E-state index contributed by atoms with van der Waals surface area (Å²) in [5.41, 5.74) is 2.20. The number of ether oxygens (including phenoxy) is 1. The van der Waals surface area contributed by atoms with E-state index in [4.69, 9.17) is 9.84 Å². The summed E-state index contributed by atoms with van der Waals surface area (Å²) in [7, 11) is 0. The lowest BCUT2D eigenvalue weighted by molar-refractivity contribution is -0.142. The van der Waals surface area contributed by atoms with Crippen LogP contribution in [0.5, 0.6) is 5.75 Å². The van der Waals surface area contributed by atoms with Crippen molar-refractivity contribution in [3.05, 3.63) is 23.8 Å². The van der Waals surface area contributed by atoms with Gasteiger partial charge < -0.3 is 15.2 Å². The summed E-state index contributed by atoms with van der Waals surface area (Å²) >= 11 is 0. The van der Waals surface area contributed by atoms with Crippen LogP contribution in [0.25, 0.3) is 0 Å². The van der Waals surface area contributed by atoms with Gasteiger partial charge in [-0.1, -0.05) is 6.42 Å². The summed E-state index contributed by atoms with van der Waals surface area (Å²) in [6, 6.07) is 6.26. The highest BCUT2D eigenvalue weighted by Gasteiger charge is 2.27. The number of aliphatic carboxylic acids is 1. The Morgan fingerprint density at radius 1 is 1.38 bits per heavy atom. The molecule has 116 valence electrons. The van der Waals surface area contributed by atoms with Crippen LogP contribution in [0.1, 0.15) is 45.1 Å². The number of carbonyl (C=O) groups is 1. The number of rotatable bonds is 5. The van der Waals surface area contributed by atoms with Gasteiger partial charge in [0.15, 0.2) is 0 Å². The SMILES string of the molecule is Cc1cc(OC(C)C)ccc1NC1CCCC(C(=O)O)C1. The van der Waals surface area contributed by atoms with Crippen molar-refractivity contribution in [2.75, 3.05) is 5.32 Å². The van der Waals surface area contributed by atoms with E-state index in [9.17, 15) is 4.79 Å². The summed E-state index contributed by atoms with van der Waals surface area (Å²) in [6.07, 6.45) is 3.68. The topological polar surface area (TPSA) is 58.6 Å². The van der Waals surface area contributed by atoms with E-state index in [1.165, 1.54) is 0 Å². The van der Waals surface area contributed by atoms with E-state index in [2.05, 4.69) is 5.32 Å². The van der Waals surface area contributed by atoms with Crippen LogP contribution in [-0.2, 0) is 4.79 Å². The number of hydrogen-bond donors (Lipinski definition) is 2. The Morgan fingerprint density at radius 3 is 2.76 bits per heavy atom. The third-order valence-electron chi connectivity index (χ3n) is 3.95. The quantitative estimate of drug-likeness (QED) is 0.865. The van der Waals surface area contributed by atoms with Gasteiger partial charge in [0.05, 0.1) is 12.0 Å². The van der Waals surface area contributed by atoms with E-state index in [1.807, 2.05) is 39.0 Å². The first-order chi connectivity index (χ1) is 9.95. The van der Waals surface area contributed by atoms with Gasteiger partial charge in [0.1, 0.15) is 5.75 Å². The Kier molecular flexibility index (Phi) is 5.10. The maximum atomic E-state index is 11.1. The Morgan fingerprint density at radius 2 is 2.14 bits per heavy atom. The van der Waals surface area contributed by atoms with Crippen molar-refractivity contribution in [1.29, 1.82) is 0 Å². The van der Waals surface area contributed by atoms with Crippen LogP contribution < -0.4 is 10.1 Å². The molecule has 1 aliphatic carbocycles. The molecule has 4 heteroatoms. The van der Waals surface area contributed by atoms with Crippen LogP contribution in [0.3, 0.4) is 0 Å². The molecule has 1 aliphatic rings. The molecule has 4 nitrogen and oxygen atoms in total. The predicted octanol–water partition coefficient (Wildman–Crippen LogP) is 3.84. The van der Waals surface area contributed by atoms with E-state index < -0.39 is 5.97 Å². The summed E-state index contributed by atoms with van der Waals surface area (Å²) in [5, 5.41) is 12.6. The largest absolute Gasteiger partial charge is 0.491 e. The van der Waals surface area contributed by atoms with E-state index in [1.54, 1.807) is 0 Å². The third kappa shape index (κ3) is 4.38. The zero-order valence-corrected chi connectivity index (χ0v) is 13.1. The molecule has 1 saturated carbocycles. The van der Waals surface area contributed by atoms with Crippen LogP contribution in [0, 0.1) is 12.8 Å². The number of nitrogens with one attached hydrogen (secondary N) is 1. The highest BCUT2D eigenvalue weighted by atomic mass is 16.5. The lowest BCUT2D eigenvalue weighted by atomic mass is 9.85. The molecule has 0 heterocycles. The first kappa shape index (κ1) is 15.7. The minimum Gasteiger partial charge on any atom is -0.491 e. The van der Waals surface area contributed by atoms with Crippen LogP contribution in [0.2, 0.25) is 0 Å². The van der Waals surface area contributed by atoms with Gasteiger partial charge in [-0.25, -0.2) is 0 Å². The third-order valence-corrected chi connectivity index (χ3v) is 3.95. The van der Waals surface area contributed by atoms with Gasteiger partial charge >= 0.3 is 5.97 Å². The monoisotopic (exact) mass is 291 g/mol. The van der Waals surface area contributed by atoms with Gasteiger partial charge in [-0.05, 0) is 63.8 Å². The standard InChI is InChI=1S/C17H25NO3/c1-11(2)21-15-7-8-16(12(3)9-15)18-14-6-4-5-13(10-14)17(19)20/h7-9,11,13-14,18H,4-6,10H2,1-3H3,(H,19,20). The fraction of sp³-hybridized carbons (Fsp3) is 0.588. The minimum absolute atomic E-state index is 0.165. The van der Waals surface area contributed by atoms with Crippen molar-refractivity contribution in [2.24, 2.45) is 5.92 Å². The van der Waals surface area contributed by atoms with Crippen molar-refractivity contribution < 1.29 is 14.6 Å². The number of anilines is 1. The number of benzene rings is 1. The van der Waals surface area contributed by atoms with Gasteiger partial charge in [0.25, 0.3) is 0 Å². The lowest BCUT2D eigenvalue weighted by Gasteiger charge is -2.28. The smallest absolute Gasteiger partial charge is 0.306 e. The van der Waals surface area contributed by atoms with Gasteiger partial charge in [-0.3, -0.25) is 4.79 Å². The summed E-state index contributed by atoms with van der Waals surface area (Å²) < 4.78 is 5.68. The molecule has 0 aromatic heterocycles. The highest BCUT2D eigenvalue weighted by molar-refractivity contribution is 5.70. The zero-order chi connectivity index (χ0) is 15.4. The molecule has 1 fully saturated rings. The molecule has 0 aliphatic heterocycles. The molecule has 0 bridgehead atoms.